The van der Waals surface area contributed by atoms with Crippen LogP contribution in [0.3, 0.4) is 0 Å². The molecule has 0 aromatic heterocycles. The number of hydrogen-bond donors (Lipinski definition) is 2. The number of nitro groups is 1. The van der Waals surface area contributed by atoms with E-state index in [9.17, 15) is 10.1 Å². The van der Waals surface area contributed by atoms with Crippen molar-refractivity contribution in [3.8, 4) is 0 Å². The van der Waals surface area contributed by atoms with Gasteiger partial charge in [-0.25, -0.2) is 0 Å². The molecule has 18 heavy (non-hydrogen) atoms. The Morgan fingerprint density at radius 1 is 1.61 bits per heavy atom. The van der Waals surface area contributed by atoms with Gasteiger partial charge in [-0.15, -0.1) is 0 Å². The van der Waals surface area contributed by atoms with E-state index in [4.69, 9.17) is 21.4 Å². The lowest BCUT2D eigenvalue weighted by atomic mass is 10.2. The van der Waals surface area contributed by atoms with Crippen LogP contribution in [0, 0.1) is 10.1 Å². The Morgan fingerprint density at radius 2 is 2.33 bits per heavy atom. The highest BCUT2D eigenvalue weighted by Crippen LogP contribution is 2.24. The first-order chi connectivity index (χ1) is 8.58. The smallest absolute Gasteiger partial charge is 0.288 e. The third-order valence-corrected chi connectivity index (χ3v) is 2.71. The van der Waals surface area contributed by atoms with Crippen molar-refractivity contribution >= 4 is 17.3 Å². The van der Waals surface area contributed by atoms with E-state index < -0.39 is 4.92 Å². The normalized spacial score (nSPS) is 12.4. The SMILES string of the molecule is COCC(CO)NCc1ccc(Cl)c([N+](=O)[O-])c1. The summed E-state index contributed by atoms with van der Waals surface area (Å²) in [6.07, 6.45) is 0. The van der Waals surface area contributed by atoms with Gasteiger partial charge in [-0.05, 0) is 11.6 Å². The van der Waals surface area contributed by atoms with Crippen molar-refractivity contribution in [2.24, 2.45) is 0 Å². The van der Waals surface area contributed by atoms with Gasteiger partial charge in [0.15, 0.2) is 0 Å². The molecule has 0 saturated carbocycles. The lowest BCUT2D eigenvalue weighted by Crippen LogP contribution is -2.35. The third-order valence-electron chi connectivity index (χ3n) is 2.39. The largest absolute Gasteiger partial charge is 0.395 e. The maximum absolute atomic E-state index is 10.7. The monoisotopic (exact) mass is 274 g/mol. The Labute approximate surface area is 110 Å². The van der Waals surface area contributed by atoms with Gasteiger partial charge >= 0.3 is 0 Å². The molecule has 0 amide bonds. The number of methoxy groups -OCH3 is 1. The molecule has 1 aromatic rings. The third kappa shape index (κ3) is 4.23. The molecule has 0 bridgehead atoms. The Kier molecular flexibility index (Phi) is 6.00. The van der Waals surface area contributed by atoms with E-state index in [0.717, 1.165) is 5.56 Å². The predicted octanol–water partition coefficient (Wildman–Crippen LogP) is 1.35. The van der Waals surface area contributed by atoms with Crippen molar-refractivity contribution < 1.29 is 14.8 Å². The van der Waals surface area contributed by atoms with Crippen LogP contribution in [0.25, 0.3) is 0 Å². The summed E-state index contributed by atoms with van der Waals surface area (Å²) in [5.41, 5.74) is 0.601. The molecule has 0 radical (unpaired) electrons. The molecular weight excluding hydrogens is 260 g/mol. The van der Waals surface area contributed by atoms with Gasteiger partial charge in [0.1, 0.15) is 5.02 Å². The van der Waals surface area contributed by atoms with E-state index in [0.29, 0.717) is 13.2 Å². The Hall–Kier alpha value is -1.21. The lowest BCUT2D eigenvalue weighted by molar-refractivity contribution is -0.384. The van der Waals surface area contributed by atoms with E-state index in [-0.39, 0.29) is 23.4 Å². The summed E-state index contributed by atoms with van der Waals surface area (Å²) in [6.45, 7) is 0.697. The zero-order valence-electron chi connectivity index (χ0n) is 9.93. The van der Waals surface area contributed by atoms with Gasteiger partial charge in [-0.3, -0.25) is 10.1 Å². The van der Waals surface area contributed by atoms with Gasteiger partial charge in [0.2, 0.25) is 0 Å². The van der Waals surface area contributed by atoms with Gasteiger partial charge in [-0.2, -0.15) is 0 Å². The zero-order valence-corrected chi connectivity index (χ0v) is 10.7. The van der Waals surface area contributed by atoms with Gasteiger partial charge in [-0.1, -0.05) is 17.7 Å². The maximum Gasteiger partial charge on any atom is 0.288 e. The number of aliphatic hydroxyl groups excluding tert-OH is 1. The van der Waals surface area contributed by atoms with Crippen molar-refractivity contribution in [2.45, 2.75) is 12.6 Å². The van der Waals surface area contributed by atoms with Crippen molar-refractivity contribution in [1.82, 2.24) is 5.32 Å². The van der Waals surface area contributed by atoms with Crippen LogP contribution in [0.2, 0.25) is 5.02 Å². The second-order valence-corrected chi connectivity index (χ2v) is 4.17. The zero-order chi connectivity index (χ0) is 13.5. The molecular formula is C11H15ClN2O4. The Balaban J connectivity index is 2.67. The Morgan fingerprint density at radius 3 is 2.89 bits per heavy atom. The quantitative estimate of drug-likeness (QED) is 0.579. The number of rotatable bonds is 7. The number of hydrogen-bond acceptors (Lipinski definition) is 5. The number of nitrogens with one attached hydrogen (secondary N) is 1. The minimum absolute atomic E-state index is 0.0659. The maximum atomic E-state index is 10.7. The molecule has 0 heterocycles. The molecule has 1 unspecified atom stereocenters. The molecule has 0 aliphatic carbocycles. The average molecular weight is 275 g/mol. The lowest BCUT2D eigenvalue weighted by Gasteiger charge is -2.15. The molecule has 0 fully saturated rings. The summed E-state index contributed by atoms with van der Waals surface area (Å²) < 4.78 is 4.91. The molecule has 1 atom stereocenters. The number of aliphatic hydroxyl groups is 1. The van der Waals surface area contributed by atoms with E-state index in [1.165, 1.54) is 19.2 Å². The molecule has 0 spiro atoms. The Bertz CT molecular complexity index is 414. The first-order valence-electron chi connectivity index (χ1n) is 5.34. The minimum atomic E-state index is -0.523. The number of nitrogens with zero attached hydrogens (tertiary/aromatic N) is 1. The summed E-state index contributed by atoms with van der Waals surface area (Å²) in [7, 11) is 1.54. The fourth-order valence-corrected chi connectivity index (χ4v) is 1.63. The number of nitro benzene ring substituents is 1. The van der Waals surface area contributed by atoms with Gasteiger partial charge < -0.3 is 15.2 Å². The number of benzene rings is 1. The summed E-state index contributed by atoms with van der Waals surface area (Å²) in [5.74, 6) is 0. The summed E-state index contributed by atoms with van der Waals surface area (Å²) in [4.78, 5) is 10.2. The van der Waals surface area contributed by atoms with Crippen molar-refractivity contribution in [2.75, 3.05) is 20.3 Å². The van der Waals surface area contributed by atoms with Crippen LogP contribution >= 0.6 is 11.6 Å². The predicted molar refractivity (Wildman–Crippen MR) is 67.7 cm³/mol. The molecule has 6 nitrogen and oxygen atoms in total. The molecule has 1 aromatic carbocycles. The van der Waals surface area contributed by atoms with Crippen LogP contribution in [0.5, 0.6) is 0 Å². The van der Waals surface area contributed by atoms with Crippen molar-refractivity contribution in [1.29, 1.82) is 0 Å². The summed E-state index contributed by atoms with van der Waals surface area (Å²) >= 11 is 5.71. The average Bonchev–Trinajstić information content (AvgIpc) is 2.35. The highest BCUT2D eigenvalue weighted by atomic mass is 35.5. The summed E-state index contributed by atoms with van der Waals surface area (Å²) in [6, 6.07) is 4.39. The molecule has 0 saturated heterocycles. The van der Waals surface area contributed by atoms with Crippen LogP contribution < -0.4 is 5.32 Å². The van der Waals surface area contributed by atoms with Crippen LogP contribution in [0.1, 0.15) is 5.56 Å². The van der Waals surface area contributed by atoms with Crippen LogP contribution in [-0.4, -0.2) is 36.4 Å². The summed E-state index contributed by atoms with van der Waals surface area (Å²) in [5, 5.41) is 22.9. The van der Waals surface area contributed by atoms with Crippen molar-refractivity contribution in [3.63, 3.8) is 0 Å². The number of halogens is 1. The van der Waals surface area contributed by atoms with E-state index in [1.54, 1.807) is 6.07 Å². The molecule has 0 aliphatic heterocycles. The van der Waals surface area contributed by atoms with E-state index >= 15 is 0 Å². The van der Waals surface area contributed by atoms with Gasteiger partial charge in [0, 0.05) is 19.7 Å². The standard InChI is InChI=1S/C11H15ClN2O4/c1-18-7-9(6-15)13-5-8-2-3-10(12)11(4-8)14(16)17/h2-4,9,13,15H,5-7H2,1H3. The van der Waals surface area contributed by atoms with Gasteiger partial charge in [0.05, 0.1) is 24.2 Å². The first-order valence-corrected chi connectivity index (χ1v) is 5.72. The molecule has 7 heteroatoms. The van der Waals surface area contributed by atoms with Crippen LogP contribution in [0.4, 0.5) is 5.69 Å². The fraction of sp³-hybridized carbons (Fsp3) is 0.455. The van der Waals surface area contributed by atoms with Crippen LogP contribution in [-0.2, 0) is 11.3 Å². The second kappa shape index (κ2) is 7.27. The highest BCUT2D eigenvalue weighted by molar-refractivity contribution is 6.32. The topological polar surface area (TPSA) is 84.6 Å². The molecule has 2 N–H and O–H groups in total. The van der Waals surface area contributed by atoms with E-state index in [2.05, 4.69) is 5.32 Å². The van der Waals surface area contributed by atoms with Gasteiger partial charge in [0.25, 0.3) is 5.69 Å². The molecule has 1 rings (SSSR count). The number of ether oxygens (including phenoxy) is 1. The highest BCUT2D eigenvalue weighted by Gasteiger charge is 2.13. The molecule has 100 valence electrons. The second-order valence-electron chi connectivity index (χ2n) is 3.76. The van der Waals surface area contributed by atoms with Crippen molar-refractivity contribution in [3.05, 3.63) is 38.9 Å². The molecule has 0 aliphatic rings. The fourth-order valence-electron chi connectivity index (χ4n) is 1.45. The first kappa shape index (κ1) is 14.8. The van der Waals surface area contributed by atoms with Crippen LogP contribution in [0.15, 0.2) is 18.2 Å². The van der Waals surface area contributed by atoms with E-state index in [1.807, 2.05) is 0 Å². The minimum Gasteiger partial charge on any atom is -0.395 e.